The number of benzene rings is 1. The molecule has 0 saturated heterocycles. The molecule has 0 bridgehead atoms. The van der Waals surface area contributed by atoms with Crippen molar-refractivity contribution in [1.82, 2.24) is 0 Å². The molecule has 1 rings (SSSR count). The normalized spacial score (nSPS) is 12.9. The fourth-order valence-electron chi connectivity index (χ4n) is 0.861. The first-order valence-electron chi connectivity index (χ1n) is 3.72. The van der Waals surface area contributed by atoms with Crippen LogP contribution in [-0.4, -0.2) is 20.6 Å². The van der Waals surface area contributed by atoms with Gasteiger partial charge in [-0.3, -0.25) is 0 Å². The molecule has 0 unspecified atom stereocenters. The van der Waals surface area contributed by atoms with Gasteiger partial charge >= 0.3 is 0 Å². The van der Waals surface area contributed by atoms with Crippen molar-refractivity contribution in [2.75, 3.05) is 6.26 Å². The van der Waals surface area contributed by atoms with Crippen molar-refractivity contribution in [2.45, 2.75) is 0 Å². The van der Waals surface area contributed by atoms with Crippen LogP contribution in [0.3, 0.4) is 0 Å². The van der Waals surface area contributed by atoms with Crippen LogP contribution < -0.4 is 5.11 Å². The number of sulfonamides is 1. The maximum absolute atomic E-state index is 11.5. The molecule has 1 aromatic carbocycles. The molecule has 82 valence electrons. The standard InChI is InChI=1S/C8H7BrINO3S/c1-15(13,14)11-8(12)6-4-5(10)2-3-7(6)9/h2-4H,1H3,(H,11,12)/p-1. The summed E-state index contributed by atoms with van der Waals surface area (Å²) in [6.45, 7) is 0. The van der Waals surface area contributed by atoms with Crippen LogP contribution in [0.25, 0.3) is 0 Å². The summed E-state index contributed by atoms with van der Waals surface area (Å²) in [6, 6.07) is 5.04. The maximum Gasteiger partial charge on any atom is 0.249 e. The maximum atomic E-state index is 11.5. The second-order valence-corrected chi connectivity index (χ2v) is 6.50. The van der Waals surface area contributed by atoms with Crippen LogP contribution in [-0.2, 0) is 10.0 Å². The third-order valence-electron chi connectivity index (χ3n) is 1.41. The number of halogens is 2. The minimum Gasteiger partial charge on any atom is -0.858 e. The lowest BCUT2D eigenvalue weighted by Gasteiger charge is -2.12. The van der Waals surface area contributed by atoms with E-state index in [-0.39, 0.29) is 5.56 Å². The molecular weight excluding hydrogens is 397 g/mol. The van der Waals surface area contributed by atoms with Crippen molar-refractivity contribution in [3.8, 4) is 0 Å². The van der Waals surface area contributed by atoms with E-state index in [0.717, 1.165) is 9.83 Å². The highest BCUT2D eigenvalue weighted by molar-refractivity contribution is 14.1. The van der Waals surface area contributed by atoms with Crippen molar-refractivity contribution in [3.05, 3.63) is 31.8 Å². The predicted molar refractivity (Wildman–Crippen MR) is 68.2 cm³/mol. The molecule has 0 saturated carbocycles. The zero-order chi connectivity index (χ0) is 11.6. The summed E-state index contributed by atoms with van der Waals surface area (Å²) in [4.78, 5) is 0. The first kappa shape index (κ1) is 12.9. The van der Waals surface area contributed by atoms with Crippen molar-refractivity contribution in [3.63, 3.8) is 0 Å². The molecule has 15 heavy (non-hydrogen) atoms. The Labute approximate surface area is 110 Å². The first-order chi connectivity index (χ1) is 6.79. The van der Waals surface area contributed by atoms with E-state index < -0.39 is 15.9 Å². The molecule has 0 aliphatic heterocycles. The summed E-state index contributed by atoms with van der Waals surface area (Å²) in [5.74, 6) is -0.761. The Hall–Kier alpha value is -0.150. The minimum absolute atomic E-state index is 0.243. The average Bonchev–Trinajstić information content (AvgIpc) is 2.06. The van der Waals surface area contributed by atoms with Crippen LogP contribution in [0.2, 0.25) is 0 Å². The minimum atomic E-state index is -3.65. The van der Waals surface area contributed by atoms with E-state index >= 15 is 0 Å². The number of rotatable bonds is 2. The molecule has 0 atom stereocenters. The Balaban J connectivity index is 3.28. The average molecular weight is 403 g/mol. The molecule has 0 fully saturated rings. The van der Waals surface area contributed by atoms with Crippen LogP contribution >= 0.6 is 38.5 Å². The second-order valence-electron chi connectivity index (χ2n) is 2.75. The zero-order valence-corrected chi connectivity index (χ0v) is 12.1. The van der Waals surface area contributed by atoms with Gasteiger partial charge < -0.3 is 5.11 Å². The van der Waals surface area contributed by atoms with E-state index in [0.29, 0.717) is 4.47 Å². The first-order valence-corrected chi connectivity index (χ1v) is 7.44. The smallest absolute Gasteiger partial charge is 0.249 e. The molecule has 7 heteroatoms. The molecule has 4 nitrogen and oxygen atoms in total. The largest absolute Gasteiger partial charge is 0.858 e. The molecule has 0 N–H and O–H groups in total. The quantitative estimate of drug-likeness (QED) is 0.423. The topological polar surface area (TPSA) is 69.6 Å². The lowest BCUT2D eigenvalue weighted by Crippen LogP contribution is -2.21. The van der Waals surface area contributed by atoms with Gasteiger partial charge in [-0.05, 0) is 40.8 Å². The van der Waals surface area contributed by atoms with Gasteiger partial charge in [0.25, 0.3) is 0 Å². The van der Waals surface area contributed by atoms with Gasteiger partial charge in [-0.25, -0.2) is 8.42 Å². The van der Waals surface area contributed by atoms with Crippen molar-refractivity contribution >= 4 is 54.4 Å². The van der Waals surface area contributed by atoms with Gasteiger partial charge in [0, 0.05) is 19.5 Å². The third-order valence-corrected chi connectivity index (χ3v) is 3.27. The van der Waals surface area contributed by atoms with E-state index in [1.807, 2.05) is 22.6 Å². The molecule has 0 aliphatic rings. The number of hydrogen-bond donors (Lipinski definition) is 0. The zero-order valence-electron chi connectivity index (χ0n) is 7.57. The van der Waals surface area contributed by atoms with Crippen molar-refractivity contribution < 1.29 is 13.5 Å². The Morgan fingerprint density at radius 2 is 2.13 bits per heavy atom. The van der Waals surface area contributed by atoms with E-state index in [9.17, 15) is 13.5 Å². The lowest BCUT2D eigenvalue weighted by atomic mass is 10.2. The second kappa shape index (κ2) is 4.79. The Kier molecular flexibility index (Phi) is 4.13. The summed E-state index contributed by atoms with van der Waals surface area (Å²) in [5.41, 5.74) is 0.243. The highest BCUT2D eigenvalue weighted by Crippen LogP contribution is 2.19. The Bertz CT molecular complexity index is 513. The molecule has 0 aromatic heterocycles. The number of hydrogen-bond acceptors (Lipinski definition) is 3. The van der Waals surface area contributed by atoms with Gasteiger partial charge in [-0.1, -0.05) is 15.9 Å². The van der Waals surface area contributed by atoms with Gasteiger partial charge in [0.05, 0.1) is 6.26 Å². The predicted octanol–water partition coefficient (Wildman–Crippen LogP) is 1.12. The van der Waals surface area contributed by atoms with Crippen LogP contribution in [0.4, 0.5) is 0 Å². The lowest BCUT2D eigenvalue weighted by molar-refractivity contribution is -0.212. The summed E-state index contributed by atoms with van der Waals surface area (Å²) in [7, 11) is -3.65. The van der Waals surface area contributed by atoms with Crippen LogP contribution in [0.5, 0.6) is 0 Å². The van der Waals surface area contributed by atoms with Gasteiger partial charge in [-0.15, -0.1) is 0 Å². The van der Waals surface area contributed by atoms with Crippen LogP contribution in [0, 0.1) is 3.57 Å². The monoisotopic (exact) mass is 402 g/mol. The highest BCUT2D eigenvalue weighted by Gasteiger charge is 2.03. The van der Waals surface area contributed by atoms with E-state index in [2.05, 4.69) is 20.3 Å². The molecule has 0 radical (unpaired) electrons. The molecule has 0 heterocycles. The number of nitrogens with zero attached hydrogens (tertiary/aromatic N) is 1. The summed E-state index contributed by atoms with van der Waals surface area (Å²) >= 11 is 5.19. The van der Waals surface area contributed by atoms with Gasteiger partial charge in [0.15, 0.2) is 0 Å². The summed E-state index contributed by atoms with van der Waals surface area (Å²) < 4.78 is 26.1. The summed E-state index contributed by atoms with van der Waals surface area (Å²) in [5, 5.41) is 11.5. The molecule has 0 amide bonds. The molecular formula is C8H6BrINO3S-. The third kappa shape index (κ3) is 4.07. The van der Waals surface area contributed by atoms with Crippen LogP contribution in [0.15, 0.2) is 27.1 Å². The van der Waals surface area contributed by atoms with Gasteiger partial charge in [0.2, 0.25) is 10.0 Å². The van der Waals surface area contributed by atoms with E-state index in [4.69, 9.17) is 0 Å². The van der Waals surface area contributed by atoms with Gasteiger partial charge in [-0.2, -0.15) is 4.40 Å². The Morgan fingerprint density at radius 1 is 1.53 bits per heavy atom. The fourth-order valence-corrected chi connectivity index (χ4v) is 2.17. The van der Waals surface area contributed by atoms with Gasteiger partial charge in [0.1, 0.15) is 0 Å². The molecule has 1 aromatic rings. The van der Waals surface area contributed by atoms with E-state index in [1.54, 1.807) is 18.2 Å². The SMILES string of the molecule is CS(=O)(=O)/N=C(\[O-])c1cc(I)ccc1Br. The van der Waals surface area contributed by atoms with E-state index in [1.165, 1.54) is 0 Å². The Morgan fingerprint density at radius 3 is 2.67 bits per heavy atom. The highest BCUT2D eigenvalue weighted by atomic mass is 127. The van der Waals surface area contributed by atoms with Crippen molar-refractivity contribution in [2.24, 2.45) is 4.40 Å². The molecule has 0 spiro atoms. The van der Waals surface area contributed by atoms with Crippen LogP contribution in [0.1, 0.15) is 5.56 Å². The molecule has 0 aliphatic carbocycles. The van der Waals surface area contributed by atoms with Crippen molar-refractivity contribution in [1.29, 1.82) is 0 Å². The summed E-state index contributed by atoms with van der Waals surface area (Å²) in [6.07, 6.45) is 0.882. The fraction of sp³-hybridized carbons (Fsp3) is 0.125.